The summed E-state index contributed by atoms with van der Waals surface area (Å²) in [4.78, 5) is 13.8. The highest BCUT2D eigenvalue weighted by molar-refractivity contribution is 5.40. The van der Waals surface area contributed by atoms with Gasteiger partial charge in [-0.2, -0.15) is 5.10 Å². The standard InChI is InChI=1S/C19H26N6/c1-14-6-19(21-13-20-14)24-11-16-9-23(10-17(16)12-24)8-15-7-22-25-5-3-2-4-18(15)25/h6-7,13,16-17H,2-5,8-12H2,1H3. The quantitative estimate of drug-likeness (QED) is 0.855. The van der Waals surface area contributed by atoms with Crippen LogP contribution in [-0.4, -0.2) is 50.8 Å². The van der Waals surface area contributed by atoms with Crippen LogP contribution in [-0.2, 0) is 19.5 Å². The molecule has 0 saturated carbocycles. The number of rotatable bonds is 3. The van der Waals surface area contributed by atoms with Crippen LogP contribution in [0.3, 0.4) is 0 Å². The predicted octanol–water partition coefficient (Wildman–Crippen LogP) is 1.89. The molecule has 2 aromatic heterocycles. The Bertz CT molecular complexity index is 755. The number of likely N-dealkylation sites (tertiary alicyclic amines) is 1. The van der Waals surface area contributed by atoms with Gasteiger partial charge in [0.1, 0.15) is 12.1 Å². The van der Waals surface area contributed by atoms with Crippen LogP contribution in [0, 0.1) is 18.8 Å². The van der Waals surface area contributed by atoms with E-state index in [1.807, 2.05) is 6.92 Å². The zero-order valence-corrected chi connectivity index (χ0v) is 14.9. The number of hydrogen-bond donors (Lipinski definition) is 0. The van der Waals surface area contributed by atoms with Gasteiger partial charge in [0, 0.05) is 62.3 Å². The first-order valence-electron chi connectivity index (χ1n) is 9.56. The van der Waals surface area contributed by atoms with Crippen molar-refractivity contribution in [3.63, 3.8) is 0 Å². The molecule has 2 saturated heterocycles. The van der Waals surface area contributed by atoms with Crippen molar-refractivity contribution >= 4 is 5.82 Å². The normalized spacial score (nSPS) is 26.0. The maximum Gasteiger partial charge on any atom is 0.132 e. The van der Waals surface area contributed by atoms with Gasteiger partial charge in [-0.15, -0.1) is 0 Å². The summed E-state index contributed by atoms with van der Waals surface area (Å²) >= 11 is 0. The molecule has 0 spiro atoms. The monoisotopic (exact) mass is 338 g/mol. The Labute approximate surface area is 148 Å². The number of aromatic nitrogens is 4. The summed E-state index contributed by atoms with van der Waals surface area (Å²) in [6.45, 7) is 8.89. The second-order valence-electron chi connectivity index (χ2n) is 7.93. The summed E-state index contributed by atoms with van der Waals surface area (Å²) in [6, 6.07) is 2.11. The van der Waals surface area contributed by atoms with Crippen LogP contribution in [0.5, 0.6) is 0 Å². The van der Waals surface area contributed by atoms with E-state index in [1.165, 1.54) is 43.6 Å². The van der Waals surface area contributed by atoms with Crippen molar-refractivity contribution < 1.29 is 0 Å². The smallest absolute Gasteiger partial charge is 0.132 e. The Hall–Kier alpha value is -1.95. The van der Waals surface area contributed by atoms with Crippen LogP contribution in [0.25, 0.3) is 0 Å². The molecule has 5 heterocycles. The lowest BCUT2D eigenvalue weighted by atomic mass is 10.0. The van der Waals surface area contributed by atoms with Crippen molar-refractivity contribution in [3.8, 4) is 0 Å². The van der Waals surface area contributed by atoms with E-state index in [0.29, 0.717) is 0 Å². The zero-order chi connectivity index (χ0) is 16.8. The average Bonchev–Trinajstić information content (AvgIpc) is 3.29. The molecule has 0 N–H and O–H groups in total. The average molecular weight is 338 g/mol. The maximum absolute atomic E-state index is 4.60. The highest BCUT2D eigenvalue weighted by atomic mass is 15.3. The van der Waals surface area contributed by atoms with Crippen LogP contribution in [0.2, 0.25) is 0 Å². The Balaban J connectivity index is 1.23. The molecular formula is C19H26N6. The molecule has 0 radical (unpaired) electrons. The first-order chi connectivity index (χ1) is 12.3. The molecule has 2 atom stereocenters. The third-order valence-corrected chi connectivity index (χ3v) is 6.14. The molecule has 6 nitrogen and oxygen atoms in total. The molecule has 0 aliphatic carbocycles. The third-order valence-electron chi connectivity index (χ3n) is 6.14. The Kier molecular flexibility index (Phi) is 3.73. The van der Waals surface area contributed by atoms with Gasteiger partial charge < -0.3 is 4.90 Å². The molecule has 2 aromatic rings. The minimum atomic E-state index is 0.765. The number of nitrogens with zero attached hydrogens (tertiary/aromatic N) is 6. The van der Waals surface area contributed by atoms with Gasteiger partial charge in [0.05, 0.1) is 6.20 Å². The number of fused-ring (bicyclic) bond motifs is 2. The maximum atomic E-state index is 4.60. The summed E-state index contributed by atoms with van der Waals surface area (Å²) in [5, 5.41) is 4.60. The fourth-order valence-electron chi connectivity index (χ4n) is 4.88. The van der Waals surface area contributed by atoms with Crippen molar-refractivity contribution in [2.45, 2.75) is 39.3 Å². The fraction of sp³-hybridized carbons (Fsp3) is 0.632. The molecule has 6 heteroatoms. The van der Waals surface area contributed by atoms with Crippen molar-refractivity contribution in [1.29, 1.82) is 0 Å². The van der Waals surface area contributed by atoms with Gasteiger partial charge >= 0.3 is 0 Å². The molecule has 25 heavy (non-hydrogen) atoms. The van der Waals surface area contributed by atoms with Crippen molar-refractivity contribution in [1.82, 2.24) is 24.6 Å². The van der Waals surface area contributed by atoms with Gasteiger partial charge in [-0.25, -0.2) is 9.97 Å². The molecule has 3 aliphatic heterocycles. The van der Waals surface area contributed by atoms with E-state index in [2.05, 4.69) is 41.8 Å². The lowest BCUT2D eigenvalue weighted by Crippen LogP contribution is -2.29. The van der Waals surface area contributed by atoms with E-state index in [-0.39, 0.29) is 0 Å². The minimum Gasteiger partial charge on any atom is -0.356 e. The lowest BCUT2D eigenvalue weighted by Gasteiger charge is -2.23. The first-order valence-corrected chi connectivity index (χ1v) is 9.56. The van der Waals surface area contributed by atoms with E-state index >= 15 is 0 Å². The molecule has 5 rings (SSSR count). The summed E-state index contributed by atoms with van der Waals surface area (Å²) in [5.41, 5.74) is 4.00. The van der Waals surface area contributed by atoms with Crippen molar-refractivity contribution in [2.24, 2.45) is 11.8 Å². The SMILES string of the molecule is Cc1cc(N2CC3CN(Cc4cnn5c4CCCC5)CC3C2)ncn1. The summed E-state index contributed by atoms with van der Waals surface area (Å²) in [7, 11) is 0. The summed E-state index contributed by atoms with van der Waals surface area (Å²) in [6.07, 6.45) is 7.60. The molecule has 2 fully saturated rings. The van der Waals surface area contributed by atoms with Gasteiger partial charge in [0.15, 0.2) is 0 Å². The van der Waals surface area contributed by atoms with Crippen LogP contribution in [0.15, 0.2) is 18.6 Å². The van der Waals surface area contributed by atoms with Crippen LogP contribution < -0.4 is 4.90 Å². The van der Waals surface area contributed by atoms with Crippen molar-refractivity contribution in [2.75, 3.05) is 31.1 Å². The van der Waals surface area contributed by atoms with Gasteiger partial charge in [0.2, 0.25) is 0 Å². The van der Waals surface area contributed by atoms with Gasteiger partial charge in [-0.1, -0.05) is 0 Å². The number of hydrogen-bond acceptors (Lipinski definition) is 5. The van der Waals surface area contributed by atoms with Gasteiger partial charge in [-0.3, -0.25) is 9.58 Å². The molecule has 0 aromatic carbocycles. The van der Waals surface area contributed by atoms with E-state index in [0.717, 1.165) is 49.5 Å². The number of anilines is 1. The topological polar surface area (TPSA) is 50.1 Å². The highest BCUT2D eigenvalue weighted by Gasteiger charge is 2.40. The Morgan fingerprint density at radius 1 is 1.08 bits per heavy atom. The van der Waals surface area contributed by atoms with Gasteiger partial charge in [-0.05, 0) is 38.0 Å². The highest BCUT2D eigenvalue weighted by Crippen LogP contribution is 2.34. The van der Waals surface area contributed by atoms with E-state index in [4.69, 9.17) is 0 Å². The molecule has 2 unspecified atom stereocenters. The van der Waals surface area contributed by atoms with E-state index in [1.54, 1.807) is 6.33 Å². The lowest BCUT2D eigenvalue weighted by molar-refractivity contribution is 0.306. The third kappa shape index (κ3) is 2.82. The predicted molar refractivity (Wildman–Crippen MR) is 96.4 cm³/mol. The molecular weight excluding hydrogens is 312 g/mol. The molecule has 0 amide bonds. The number of aryl methyl sites for hydroxylation is 2. The van der Waals surface area contributed by atoms with Crippen LogP contribution in [0.1, 0.15) is 29.8 Å². The van der Waals surface area contributed by atoms with Crippen LogP contribution in [0.4, 0.5) is 5.82 Å². The van der Waals surface area contributed by atoms with E-state index < -0.39 is 0 Å². The second kappa shape index (κ2) is 6.09. The summed E-state index contributed by atoms with van der Waals surface area (Å²) < 4.78 is 2.23. The largest absolute Gasteiger partial charge is 0.356 e. The van der Waals surface area contributed by atoms with Crippen molar-refractivity contribution in [3.05, 3.63) is 35.5 Å². The first kappa shape index (κ1) is 15.3. The Morgan fingerprint density at radius 2 is 1.92 bits per heavy atom. The molecule has 0 bridgehead atoms. The minimum absolute atomic E-state index is 0.765. The fourth-order valence-corrected chi connectivity index (χ4v) is 4.88. The van der Waals surface area contributed by atoms with Gasteiger partial charge in [0.25, 0.3) is 0 Å². The van der Waals surface area contributed by atoms with Crippen LogP contribution >= 0.6 is 0 Å². The molecule has 132 valence electrons. The molecule has 3 aliphatic rings. The second-order valence-corrected chi connectivity index (χ2v) is 7.93. The summed E-state index contributed by atoms with van der Waals surface area (Å²) in [5.74, 6) is 2.63. The zero-order valence-electron chi connectivity index (χ0n) is 14.9. The Morgan fingerprint density at radius 3 is 2.72 bits per heavy atom. The van der Waals surface area contributed by atoms with E-state index in [9.17, 15) is 0 Å².